The van der Waals surface area contributed by atoms with E-state index < -0.39 is 12.8 Å². The number of allylic oxidation sites excluding steroid dienone is 1. The van der Waals surface area contributed by atoms with Crippen LogP contribution in [-0.4, -0.2) is 28.5 Å². The van der Waals surface area contributed by atoms with E-state index in [9.17, 15) is 18.0 Å². The predicted octanol–water partition coefficient (Wildman–Crippen LogP) is 4.56. The van der Waals surface area contributed by atoms with E-state index in [1.54, 1.807) is 6.07 Å². The molecular formula is C21H20F3N3O2S. The molecule has 30 heavy (non-hydrogen) atoms. The van der Waals surface area contributed by atoms with E-state index in [-0.39, 0.29) is 18.1 Å². The van der Waals surface area contributed by atoms with E-state index in [4.69, 9.17) is 17.0 Å². The lowest BCUT2D eigenvalue weighted by Crippen LogP contribution is -2.29. The number of carbonyl (C=O) groups excluding carboxylic acids is 1. The molecule has 0 amide bonds. The van der Waals surface area contributed by atoms with Gasteiger partial charge in [-0.1, -0.05) is 30.4 Å². The van der Waals surface area contributed by atoms with Crippen molar-refractivity contribution in [2.45, 2.75) is 32.0 Å². The Morgan fingerprint density at radius 2 is 1.93 bits per heavy atom. The fourth-order valence-corrected chi connectivity index (χ4v) is 3.40. The number of rotatable bonds is 7. The third-order valence-electron chi connectivity index (χ3n) is 4.42. The highest BCUT2D eigenvalue weighted by molar-refractivity contribution is 7.81. The molecule has 0 saturated heterocycles. The number of benzene rings is 1. The van der Waals surface area contributed by atoms with Gasteiger partial charge in [0.1, 0.15) is 10.7 Å². The van der Waals surface area contributed by atoms with Crippen molar-refractivity contribution in [3.05, 3.63) is 65.6 Å². The van der Waals surface area contributed by atoms with Crippen molar-refractivity contribution in [2.24, 2.45) is 0 Å². The van der Waals surface area contributed by atoms with Crippen LogP contribution in [0.1, 0.15) is 24.8 Å². The molecule has 2 N–H and O–H groups in total. The molecule has 1 aromatic carbocycles. The molecule has 5 nitrogen and oxygen atoms in total. The van der Waals surface area contributed by atoms with Crippen molar-refractivity contribution in [3.63, 3.8) is 0 Å². The van der Waals surface area contributed by atoms with Crippen LogP contribution in [0.5, 0.6) is 5.75 Å². The lowest BCUT2D eigenvalue weighted by Gasteiger charge is -2.22. The first-order valence-electron chi connectivity index (χ1n) is 9.32. The molecule has 3 rings (SSSR count). The van der Waals surface area contributed by atoms with Crippen LogP contribution in [0.25, 0.3) is 0 Å². The van der Waals surface area contributed by atoms with Crippen LogP contribution in [0.4, 0.5) is 18.9 Å². The minimum atomic E-state index is -4.44. The van der Waals surface area contributed by atoms with E-state index in [0.29, 0.717) is 41.1 Å². The van der Waals surface area contributed by atoms with Gasteiger partial charge in [0, 0.05) is 36.1 Å². The molecule has 158 valence electrons. The van der Waals surface area contributed by atoms with Gasteiger partial charge in [0.25, 0.3) is 0 Å². The first-order valence-corrected chi connectivity index (χ1v) is 9.73. The lowest BCUT2D eigenvalue weighted by molar-refractivity contribution is -0.153. The number of aromatic nitrogens is 1. The summed E-state index contributed by atoms with van der Waals surface area (Å²) in [7, 11) is 0. The number of alkyl halides is 3. The second kappa shape index (κ2) is 9.71. The van der Waals surface area contributed by atoms with Crippen LogP contribution < -0.4 is 15.4 Å². The van der Waals surface area contributed by atoms with E-state index in [2.05, 4.69) is 15.6 Å². The van der Waals surface area contributed by atoms with Gasteiger partial charge in [0.05, 0.1) is 11.8 Å². The van der Waals surface area contributed by atoms with Gasteiger partial charge in [-0.05, 0) is 31.0 Å². The Bertz CT molecular complexity index is 946. The highest BCUT2D eigenvalue weighted by atomic mass is 32.1. The number of ether oxygens (including phenoxy) is 1. The van der Waals surface area contributed by atoms with Crippen molar-refractivity contribution >= 4 is 28.7 Å². The molecule has 1 aliphatic rings. The number of hydrogen-bond acceptors (Lipinski definition) is 5. The zero-order valence-electron chi connectivity index (χ0n) is 16.0. The number of nitrogens with one attached hydrogen (secondary N) is 2. The molecule has 0 atom stereocenters. The molecule has 1 heterocycles. The molecule has 2 aromatic rings. The van der Waals surface area contributed by atoms with Gasteiger partial charge in [-0.3, -0.25) is 9.78 Å². The summed E-state index contributed by atoms with van der Waals surface area (Å²) < 4.78 is 42.3. The molecule has 0 spiro atoms. The minimum absolute atomic E-state index is 0.0385. The summed E-state index contributed by atoms with van der Waals surface area (Å²) in [6.45, 7) is -1.22. The molecule has 0 fully saturated rings. The maximum absolute atomic E-state index is 12.5. The monoisotopic (exact) mass is 435 g/mol. The fraction of sp³-hybridized carbons (Fsp3) is 0.286. The Balaban J connectivity index is 1.76. The zero-order valence-corrected chi connectivity index (χ0v) is 16.8. The first-order chi connectivity index (χ1) is 14.3. The molecular weight excluding hydrogens is 415 g/mol. The van der Waals surface area contributed by atoms with Crippen molar-refractivity contribution in [2.75, 3.05) is 11.9 Å². The van der Waals surface area contributed by atoms with Crippen LogP contribution in [0.3, 0.4) is 0 Å². The lowest BCUT2D eigenvalue weighted by atomic mass is 9.94. The molecule has 1 aliphatic carbocycles. The maximum atomic E-state index is 12.5. The molecule has 1 aromatic heterocycles. The van der Waals surface area contributed by atoms with E-state index in [1.807, 2.05) is 30.3 Å². The smallest absolute Gasteiger partial charge is 0.422 e. The number of hydrogen-bond donors (Lipinski definition) is 2. The summed E-state index contributed by atoms with van der Waals surface area (Å²) in [5, 5.41) is 6.24. The summed E-state index contributed by atoms with van der Waals surface area (Å²) in [6.07, 6.45) is -0.0480. The Kier molecular flexibility index (Phi) is 7.04. The number of Topliss-reactive ketones (excluding diaryl/α,β-unsaturated/α-hetero) is 1. The Morgan fingerprint density at radius 1 is 1.17 bits per heavy atom. The van der Waals surface area contributed by atoms with Crippen LogP contribution in [0.15, 0.2) is 60.1 Å². The van der Waals surface area contributed by atoms with Crippen molar-refractivity contribution < 1.29 is 22.7 Å². The van der Waals surface area contributed by atoms with Gasteiger partial charge in [-0.2, -0.15) is 13.2 Å². The van der Waals surface area contributed by atoms with Crippen LogP contribution in [0.2, 0.25) is 0 Å². The van der Waals surface area contributed by atoms with Gasteiger partial charge in [0.15, 0.2) is 12.4 Å². The highest BCUT2D eigenvalue weighted by Gasteiger charge is 2.29. The normalized spacial score (nSPS) is 14.4. The third-order valence-corrected chi connectivity index (χ3v) is 4.73. The zero-order chi connectivity index (χ0) is 21.6. The van der Waals surface area contributed by atoms with Crippen molar-refractivity contribution in [1.29, 1.82) is 0 Å². The second-order valence-electron chi connectivity index (χ2n) is 6.69. The Hall–Kier alpha value is -2.94. The van der Waals surface area contributed by atoms with Crippen LogP contribution in [-0.2, 0) is 11.3 Å². The number of anilines is 1. The minimum Gasteiger partial charge on any atom is -0.482 e. The summed E-state index contributed by atoms with van der Waals surface area (Å²) in [4.78, 5) is 16.7. The van der Waals surface area contributed by atoms with Crippen molar-refractivity contribution in [3.8, 4) is 5.75 Å². The van der Waals surface area contributed by atoms with Gasteiger partial charge in [-0.15, -0.1) is 0 Å². The first kappa shape index (κ1) is 21.8. The largest absolute Gasteiger partial charge is 0.482 e. The molecule has 0 unspecified atom stereocenters. The average Bonchev–Trinajstić information content (AvgIpc) is 2.71. The van der Waals surface area contributed by atoms with Gasteiger partial charge >= 0.3 is 6.18 Å². The highest BCUT2D eigenvalue weighted by Crippen LogP contribution is 2.25. The number of thiocarbonyl (C=S) groups is 1. The third kappa shape index (κ3) is 6.03. The quantitative estimate of drug-likeness (QED) is 0.622. The number of ketones is 1. The summed E-state index contributed by atoms with van der Waals surface area (Å²) in [5.74, 6) is -0.0305. The molecule has 0 radical (unpaired) electrons. The maximum Gasteiger partial charge on any atom is 0.422 e. The van der Waals surface area contributed by atoms with E-state index >= 15 is 0 Å². The van der Waals surface area contributed by atoms with E-state index in [0.717, 1.165) is 5.69 Å². The van der Waals surface area contributed by atoms with Gasteiger partial charge in [0.2, 0.25) is 0 Å². The number of halogens is 3. The van der Waals surface area contributed by atoms with Crippen LogP contribution in [0, 0.1) is 0 Å². The summed E-state index contributed by atoms with van der Waals surface area (Å²) in [6, 6.07) is 10.8. The number of carbonyl (C=O) groups is 1. The second-order valence-corrected chi connectivity index (χ2v) is 7.10. The molecule has 9 heteroatoms. The summed E-state index contributed by atoms with van der Waals surface area (Å²) in [5.41, 5.74) is 2.34. The Labute approximate surface area is 177 Å². The SMILES string of the molecule is O=C1CCCC(NCc2ccncc2OCC(F)(F)F)=C1C(=S)Nc1ccccc1. The predicted molar refractivity (Wildman–Crippen MR) is 111 cm³/mol. The van der Waals surface area contributed by atoms with Gasteiger partial charge in [-0.25, -0.2) is 0 Å². The number of para-hydroxylation sites is 1. The summed E-state index contributed by atoms with van der Waals surface area (Å²) >= 11 is 5.46. The topological polar surface area (TPSA) is 63.2 Å². The number of nitrogens with zero attached hydrogens (tertiary/aromatic N) is 1. The van der Waals surface area contributed by atoms with Gasteiger partial charge < -0.3 is 15.4 Å². The Morgan fingerprint density at radius 3 is 2.67 bits per heavy atom. The average molecular weight is 435 g/mol. The standard InChI is InChI=1S/C21H20F3N3O2S/c22-21(23,24)13-29-18-12-25-10-9-14(18)11-26-16-7-4-8-17(28)19(16)20(30)27-15-5-2-1-3-6-15/h1-3,5-6,9-10,12,26H,4,7-8,11,13H2,(H,27,30). The number of pyridine rings is 1. The molecule has 0 bridgehead atoms. The van der Waals surface area contributed by atoms with Crippen molar-refractivity contribution in [1.82, 2.24) is 10.3 Å². The molecule has 0 saturated carbocycles. The van der Waals surface area contributed by atoms with E-state index in [1.165, 1.54) is 12.4 Å². The van der Waals surface area contributed by atoms with Crippen LogP contribution >= 0.6 is 12.2 Å². The fourth-order valence-electron chi connectivity index (χ4n) is 3.05. The molecule has 0 aliphatic heterocycles.